The van der Waals surface area contributed by atoms with Crippen molar-refractivity contribution in [3.8, 4) is 6.07 Å². The second-order valence-electron chi connectivity index (χ2n) is 4.99. The number of aromatic amines is 1. The molecule has 0 fully saturated rings. The van der Waals surface area contributed by atoms with Gasteiger partial charge in [-0.3, -0.25) is 0 Å². The highest BCUT2D eigenvalue weighted by atomic mass is 14.7. The highest BCUT2D eigenvalue weighted by molar-refractivity contribution is 5.85. The van der Waals surface area contributed by atoms with E-state index in [2.05, 4.69) is 36.2 Å². The molecule has 0 radical (unpaired) electrons. The number of fused-ring (bicyclic) bond motifs is 3. The lowest BCUT2D eigenvalue weighted by molar-refractivity contribution is 0.670. The summed E-state index contributed by atoms with van der Waals surface area (Å²) in [5.74, 6) is 0.0557. The van der Waals surface area contributed by atoms with Crippen molar-refractivity contribution in [2.75, 3.05) is 0 Å². The van der Waals surface area contributed by atoms with Crippen molar-refractivity contribution in [1.29, 1.82) is 5.26 Å². The van der Waals surface area contributed by atoms with E-state index in [1.165, 1.54) is 34.1 Å². The summed E-state index contributed by atoms with van der Waals surface area (Å²) in [7, 11) is 0. The van der Waals surface area contributed by atoms with Crippen LogP contribution >= 0.6 is 0 Å². The maximum atomic E-state index is 9.27. The fourth-order valence-corrected chi connectivity index (χ4v) is 2.87. The van der Waals surface area contributed by atoms with E-state index >= 15 is 0 Å². The van der Waals surface area contributed by atoms with Crippen molar-refractivity contribution >= 4 is 10.9 Å². The Bertz CT molecular complexity index is 601. The molecule has 0 unspecified atom stereocenters. The molecule has 1 aromatic heterocycles. The monoisotopic (exact) mass is 224 g/mol. The number of nitrogens with one attached hydrogen (secondary N) is 1. The molecule has 1 N–H and O–H groups in total. The Morgan fingerprint density at radius 2 is 2.24 bits per heavy atom. The summed E-state index contributed by atoms with van der Waals surface area (Å²) in [4.78, 5) is 3.46. The SMILES string of the molecule is Cc1ccc2[nH]c3c(c2c1)CCCC[C@@H]3C#N. The van der Waals surface area contributed by atoms with Crippen molar-refractivity contribution in [2.45, 2.75) is 38.5 Å². The normalized spacial score (nSPS) is 19.6. The first-order chi connectivity index (χ1) is 8.29. The van der Waals surface area contributed by atoms with E-state index in [9.17, 15) is 5.26 Å². The van der Waals surface area contributed by atoms with Gasteiger partial charge in [-0.1, -0.05) is 18.1 Å². The molecule has 0 spiro atoms. The van der Waals surface area contributed by atoms with E-state index in [0.29, 0.717) is 0 Å². The van der Waals surface area contributed by atoms with Gasteiger partial charge in [0.15, 0.2) is 0 Å². The number of rotatable bonds is 0. The number of hydrogen-bond acceptors (Lipinski definition) is 1. The van der Waals surface area contributed by atoms with Gasteiger partial charge in [0.1, 0.15) is 0 Å². The third-order valence-electron chi connectivity index (χ3n) is 3.77. The first kappa shape index (κ1) is 10.4. The van der Waals surface area contributed by atoms with Gasteiger partial charge in [-0.25, -0.2) is 0 Å². The van der Waals surface area contributed by atoms with Crippen LogP contribution in [0.3, 0.4) is 0 Å². The lowest BCUT2D eigenvalue weighted by Crippen LogP contribution is -1.96. The van der Waals surface area contributed by atoms with Gasteiger partial charge in [0.25, 0.3) is 0 Å². The number of nitrogens with zero attached hydrogens (tertiary/aromatic N) is 1. The van der Waals surface area contributed by atoms with E-state index in [4.69, 9.17) is 0 Å². The first-order valence-corrected chi connectivity index (χ1v) is 6.30. The largest absolute Gasteiger partial charge is 0.357 e. The third kappa shape index (κ3) is 1.63. The summed E-state index contributed by atoms with van der Waals surface area (Å²) in [6.07, 6.45) is 4.46. The molecule has 1 aliphatic rings. The highest BCUT2D eigenvalue weighted by Crippen LogP contribution is 2.34. The van der Waals surface area contributed by atoms with Gasteiger partial charge in [0.2, 0.25) is 0 Å². The van der Waals surface area contributed by atoms with E-state index in [1.807, 2.05) is 0 Å². The maximum Gasteiger partial charge on any atom is 0.0865 e. The molecule has 3 rings (SSSR count). The molecule has 1 aliphatic carbocycles. The number of benzene rings is 1. The molecule has 0 saturated heterocycles. The fourth-order valence-electron chi connectivity index (χ4n) is 2.87. The average molecular weight is 224 g/mol. The van der Waals surface area contributed by atoms with E-state index in [-0.39, 0.29) is 5.92 Å². The predicted octanol–water partition coefficient (Wildman–Crippen LogP) is 3.81. The molecule has 1 heterocycles. The van der Waals surface area contributed by atoms with Crippen molar-refractivity contribution in [2.24, 2.45) is 0 Å². The number of hydrogen-bond donors (Lipinski definition) is 1. The minimum Gasteiger partial charge on any atom is -0.357 e. The number of H-pyrrole nitrogens is 1. The van der Waals surface area contributed by atoms with Gasteiger partial charge in [0, 0.05) is 16.6 Å². The first-order valence-electron chi connectivity index (χ1n) is 6.30. The third-order valence-corrected chi connectivity index (χ3v) is 3.77. The van der Waals surface area contributed by atoms with Crippen LogP contribution in [0.15, 0.2) is 18.2 Å². The van der Waals surface area contributed by atoms with E-state index < -0.39 is 0 Å². The zero-order valence-corrected chi connectivity index (χ0v) is 10.1. The summed E-state index contributed by atoms with van der Waals surface area (Å²) in [5.41, 5.74) is 5.03. The molecule has 0 amide bonds. The van der Waals surface area contributed by atoms with Crippen molar-refractivity contribution in [3.05, 3.63) is 35.0 Å². The van der Waals surface area contributed by atoms with Crippen LogP contribution < -0.4 is 0 Å². The number of aromatic nitrogens is 1. The summed E-state index contributed by atoms with van der Waals surface area (Å²) >= 11 is 0. The van der Waals surface area contributed by atoms with Gasteiger partial charge in [-0.05, 0) is 43.9 Å². The van der Waals surface area contributed by atoms with Gasteiger partial charge < -0.3 is 4.98 Å². The zero-order valence-electron chi connectivity index (χ0n) is 10.1. The van der Waals surface area contributed by atoms with Gasteiger partial charge in [0.05, 0.1) is 12.0 Å². The predicted molar refractivity (Wildman–Crippen MR) is 68.9 cm³/mol. The molecule has 2 heteroatoms. The molecular formula is C15H16N2. The maximum absolute atomic E-state index is 9.27. The summed E-state index contributed by atoms with van der Waals surface area (Å²) in [6.45, 7) is 2.12. The smallest absolute Gasteiger partial charge is 0.0865 e. The Morgan fingerprint density at radius 1 is 1.35 bits per heavy atom. The van der Waals surface area contributed by atoms with Gasteiger partial charge in [-0.15, -0.1) is 0 Å². The van der Waals surface area contributed by atoms with Crippen LogP contribution in [0.5, 0.6) is 0 Å². The summed E-state index contributed by atoms with van der Waals surface area (Å²) in [6, 6.07) is 8.94. The quantitative estimate of drug-likeness (QED) is 0.679. The Labute approximate surface area is 101 Å². The average Bonchev–Trinajstić information content (AvgIpc) is 2.56. The fraction of sp³-hybridized carbons (Fsp3) is 0.400. The highest BCUT2D eigenvalue weighted by Gasteiger charge is 2.22. The zero-order chi connectivity index (χ0) is 11.8. The topological polar surface area (TPSA) is 39.6 Å². The Kier molecular flexibility index (Phi) is 2.40. The van der Waals surface area contributed by atoms with Crippen LogP contribution in [0.25, 0.3) is 10.9 Å². The van der Waals surface area contributed by atoms with Crippen LogP contribution in [0.1, 0.15) is 42.0 Å². The standard InChI is InChI=1S/C15H16N2/c1-10-6-7-14-13(8-10)12-5-3-2-4-11(9-16)15(12)17-14/h6-8,11,17H,2-5H2,1H3/t11-/m1/s1. The lowest BCUT2D eigenvalue weighted by atomic mass is 10.00. The molecule has 86 valence electrons. The van der Waals surface area contributed by atoms with Gasteiger partial charge >= 0.3 is 0 Å². The lowest BCUT2D eigenvalue weighted by Gasteiger charge is -2.04. The molecule has 0 saturated carbocycles. The molecule has 0 bridgehead atoms. The molecule has 17 heavy (non-hydrogen) atoms. The van der Waals surface area contributed by atoms with Crippen molar-refractivity contribution in [3.63, 3.8) is 0 Å². The molecule has 2 nitrogen and oxygen atoms in total. The number of nitriles is 1. The van der Waals surface area contributed by atoms with Crippen LogP contribution in [-0.4, -0.2) is 4.98 Å². The molecule has 0 aliphatic heterocycles. The second kappa shape index (κ2) is 3.92. The van der Waals surface area contributed by atoms with Crippen molar-refractivity contribution in [1.82, 2.24) is 4.98 Å². The molecule has 1 atom stereocenters. The minimum atomic E-state index is 0.0557. The van der Waals surface area contributed by atoms with E-state index in [1.54, 1.807) is 0 Å². The van der Waals surface area contributed by atoms with Crippen LogP contribution in [-0.2, 0) is 6.42 Å². The van der Waals surface area contributed by atoms with Crippen LogP contribution in [0.2, 0.25) is 0 Å². The summed E-state index contributed by atoms with van der Waals surface area (Å²) in [5, 5.41) is 10.6. The van der Waals surface area contributed by atoms with Gasteiger partial charge in [-0.2, -0.15) is 5.26 Å². The van der Waals surface area contributed by atoms with Crippen LogP contribution in [0, 0.1) is 18.3 Å². The summed E-state index contributed by atoms with van der Waals surface area (Å²) < 4.78 is 0. The second-order valence-corrected chi connectivity index (χ2v) is 4.99. The molecule has 1 aromatic carbocycles. The Balaban J connectivity index is 2.26. The molecule has 2 aromatic rings. The van der Waals surface area contributed by atoms with E-state index in [0.717, 1.165) is 19.3 Å². The minimum absolute atomic E-state index is 0.0557. The van der Waals surface area contributed by atoms with Crippen LogP contribution in [0.4, 0.5) is 0 Å². The Hall–Kier alpha value is -1.75. The molecular weight excluding hydrogens is 208 g/mol. The van der Waals surface area contributed by atoms with Crippen molar-refractivity contribution < 1.29 is 0 Å². The number of aryl methyl sites for hydroxylation is 2. The Morgan fingerprint density at radius 3 is 3.06 bits per heavy atom.